The van der Waals surface area contributed by atoms with Crippen molar-refractivity contribution in [3.63, 3.8) is 0 Å². The Morgan fingerprint density at radius 3 is 2.02 bits per heavy atom. The number of nitrogens with zero attached hydrogens (tertiary/aromatic N) is 2. The summed E-state index contributed by atoms with van der Waals surface area (Å²) in [7, 11) is 0. The fraction of sp³-hybridized carbons (Fsp3) is 0. The van der Waals surface area contributed by atoms with Crippen molar-refractivity contribution in [2.75, 3.05) is 0 Å². The maximum Gasteiger partial charge on any atom is 0.138 e. The van der Waals surface area contributed by atoms with E-state index in [1.54, 1.807) is 0 Å². The molecule has 3 heterocycles. The smallest absolute Gasteiger partial charge is 0.138 e. The third-order valence-corrected chi connectivity index (χ3v) is 8.77. The predicted octanol–water partition coefficient (Wildman–Crippen LogP) is 10.1. The number of benzene rings is 5. The van der Waals surface area contributed by atoms with Crippen LogP contribution in [0.1, 0.15) is 11.1 Å². The Balaban J connectivity index is 1.42. The second kappa shape index (κ2) is 9.41. The Morgan fingerprint density at radius 1 is 0.475 bits per heavy atom. The van der Waals surface area contributed by atoms with Crippen LogP contribution in [0.3, 0.4) is 0 Å². The second-order valence-corrected chi connectivity index (χ2v) is 11.1. The topological polar surface area (TPSA) is 17.8 Å². The SMILES string of the molecule is C1=Cc2cc3c(cc2Sc2ccccc21)c1ccccc1n3-c1cc(-c2ccccc2)cc(-c2ccccc2)n1. The van der Waals surface area contributed by atoms with Crippen LogP contribution in [-0.4, -0.2) is 9.55 Å². The molecule has 1 aliphatic rings. The number of aromatic nitrogens is 2. The molecule has 7 aromatic rings. The lowest BCUT2D eigenvalue weighted by molar-refractivity contribution is 1.08. The van der Waals surface area contributed by atoms with Crippen molar-refractivity contribution in [2.24, 2.45) is 0 Å². The van der Waals surface area contributed by atoms with E-state index in [9.17, 15) is 0 Å². The fourth-order valence-corrected chi connectivity index (χ4v) is 6.73. The lowest BCUT2D eigenvalue weighted by Crippen LogP contribution is -2.00. The van der Waals surface area contributed by atoms with Gasteiger partial charge in [0.1, 0.15) is 5.82 Å². The van der Waals surface area contributed by atoms with Crippen LogP contribution in [-0.2, 0) is 0 Å². The number of hydrogen-bond donors (Lipinski definition) is 0. The monoisotopic (exact) mass is 528 g/mol. The van der Waals surface area contributed by atoms with Gasteiger partial charge >= 0.3 is 0 Å². The maximum atomic E-state index is 5.27. The van der Waals surface area contributed by atoms with Crippen molar-refractivity contribution in [3.05, 3.63) is 145 Å². The Bertz CT molecular complexity index is 2010. The van der Waals surface area contributed by atoms with Crippen LogP contribution in [0.2, 0.25) is 0 Å². The van der Waals surface area contributed by atoms with Gasteiger partial charge in [0.05, 0.1) is 16.7 Å². The minimum Gasteiger partial charge on any atom is -0.294 e. The van der Waals surface area contributed by atoms with Gasteiger partial charge in [0.25, 0.3) is 0 Å². The van der Waals surface area contributed by atoms with Crippen molar-refractivity contribution >= 4 is 45.7 Å². The van der Waals surface area contributed by atoms with Crippen LogP contribution in [0.25, 0.3) is 62.2 Å². The molecule has 0 radical (unpaired) electrons. The van der Waals surface area contributed by atoms with Gasteiger partial charge in [-0.2, -0.15) is 0 Å². The molecule has 5 aromatic carbocycles. The van der Waals surface area contributed by atoms with Crippen molar-refractivity contribution in [3.8, 4) is 28.2 Å². The number of rotatable bonds is 3. The highest BCUT2D eigenvalue weighted by Crippen LogP contribution is 2.42. The van der Waals surface area contributed by atoms with Gasteiger partial charge in [0.2, 0.25) is 0 Å². The molecule has 2 nitrogen and oxygen atoms in total. The zero-order chi connectivity index (χ0) is 26.5. The van der Waals surface area contributed by atoms with Crippen LogP contribution < -0.4 is 0 Å². The first-order valence-corrected chi connectivity index (χ1v) is 14.3. The van der Waals surface area contributed by atoms with Gasteiger partial charge in [-0.05, 0) is 58.7 Å². The van der Waals surface area contributed by atoms with Crippen LogP contribution in [0.5, 0.6) is 0 Å². The average Bonchev–Trinajstić information content (AvgIpc) is 3.22. The standard InChI is InChI=1S/C37H24N2S/c1-3-11-25(12-4-1)29-21-32(26-13-5-2-6-14-26)38-37(23-29)39-33-17-9-8-16-30(33)31-24-36-28(22-34(31)39)20-19-27-15-7-10-18-35(27)40-36/h1-24H. The van der Waals surface area contributed by atoms with Gasteiger partial charge < -0.3 is 0 Å². The molecule has 0 aliphatic carbocycles. The first kappa shape index (κ1) is 23.1. The molecule has 1 aliphatic heterocycles. The average molecular weight is 529 g/mol. The van der Waals surface area contributed by atoms with Crippen LogP contribution >= 0.6 is 11.8 Å². The van der Waals surface area contributed by atoms with E-state index >= 15 is 0 Å². The van der Waals surface area contributed by atoms with Crippen molar-refractivity contribution < 1.29 is 0 Å². The summed E-state index contributed by atoms with van der Waals surface area (Å²) < 4.78 is 2.33. The summed E-state index contributed by atoms with van der Waals surface area (Å²) in [5, 5.41) is 2.47. The summed E-state index contributed by atoms with van der Waals surface area (Å²) in [6, 6.07) is 47.4. The highest BCUT2D eigenvalue weighted by molar-refractivity contribution is 7.99. The first-order valence-electron chi connectivity index (χ1n) is 13.5. The van der Waals surface area contributed by atoms with E-state index in [-0.39, 0.29) is 0 Å². The molecular formula is C37H24N2S. The van der Waals surface area contributed by atoms with Crippen LogP contribution in [0.4, 0.5) is 0 Å². The fourth-order valence-electron chi connectivity index (χ4n) is 5.67. The van der Waals surface area contributed by atoms with Gasteiger partial charge in [-0.15, -0.1) is 0 Å². The van der Waals surface area contributed by atoms with Crippen LogP contribution in [0, 0.1) is 0 Å². The first-order chi connectivity index (χ1) is 19.8. The summed E-state index contributed by atoms with van der Waals surface area (Å²) in [6.07, 6.45) is 4.48. The summed E-state index contributed by atoms with van der Waals surface area (Å²) in [5.74, 6) is 0.917. The Kier molecular flexibility index (Phi) is 5.42. The molecule has 0 saturated heterocycles. The van der Waals surface area contributed by atoms with Crippen molar-refractivity contribution in [1.29, 1.82) is 0 Å². The normalized spacial score (nSPS) is 12.3. The van der Waals surface area contributed by atoms with Gasteiger partial charge in [0.15, 0.2) is 0 Å². The summed E-state index contributed by atoms with van der Waals surface area (Å²) >= 11 is 1.84. The molecule has 0 unspecified atom stereocenters. The molecule has 0 amide bonds. The summed E-state index contributed by atoms with van der Waals surface area (Å²) in [4.78, 5) is 7.83. The molecule has 2 aromatic heterocycles. The Morgan fingerprint density at radius 2 is 1.18 bits per heavy atom. The number of hydrogen-bond acceptors (Lipinski definition) is 2. The highest BCUT2D eigenvalue weighted by Gasteiger charge is 2.19. The Labute approximate surface area is 237 Å². The van der Waals surface area contributed by atoms with E-state index in [4.69, 9.17) is 4.98 Å². The molecule has 0 spiro atoms. The third kappa shape index (κ3) is 3.86. The number of pyridine rings is 1. The summed E-state index contributed by atoms with van der Waals surface area (Å²) in [6.45, 7) is 0. The second-order valence-electron chi connectivity index (χ2n) is 10.1. The van der Waals surface area contributed by atoms with Gasteiger partial charge in [-0.3, -0.25) is 4.57 Å². The van der Waals surface area contributed by atoms with E-state index in [1.165, 1.54) is 37.3 Å². The molecule has 188 valence electrons. The van der Waals surface area contributed by atoms with Crippen molar-refractivity contribution in [1.82, 2.24) is 9.55 Å². The molecule has 0 N–H and O–H groups in total. The molecule has 0 atom stereocenters. The predicted molar refractivity (Wildman–Crippen MR) is 169 cm³/mol. The van der Waals surface area contributed by atoms with Gasteiger partial charge in [-0.1, -0.05) is 121 Å². The zero-order valence-corrected chi connectivity index (χ0v) is 22.5. The molecule has 40 heavy (non-hydrogen) atoms. The van der Waals surface area contributed by atoms with E-state index in [0.29, 0.717) is 0 Å². The zero-order valence-electron chi connectivity index (χ0n) is 21.7. The lowest BCUT2D eigenvalue weighted by atomic mass is 10.0. The summed E-state index contributed by atoms with van der Waals surface area (Å²) in [5.41, 5.74) is 9.19. The molecule has 3 heteroatoms. The quantitative estimate of drug-likeness (QED) is 0.227. The lowest BCUT2D eigenvalue weighted by Gasteiger charge is -2.13. The molecular weight excluding hydrogens is 504 g/mol. The third-order valence-electron chi connectivity index (χ3n) is 7.60. The highest BCUT2D eigenvalue weighted by atomic mass is 32.2. The Hall–Kier alpha value is -4.86. The minimum atomic E-state index is 0.917. The van der Waals surface area contributed by atoms with E-state index in [0.717, 1.165) is 33.7 Å². The van der Waals surface area contributed by atoms with Crippen molar-refractivity contribution in [2.45, 2.75) is 9.79 Å². The maximum absolute atomic E-state index is 5.27. The molecule has 8 rings (SSSR count). The molecule has 0 saturated carbocycles. The molecule has 0 bridgehead atoms. The van der Waals surface area contributed by atoms with E-state index in [1.807, 2.05) is 17.8 Å². The minimum absolute atomic E-state index is 0.917. The van der Waals surface area contributed by atoms with Crippen LogP contribution in [0.15, 0.2) is 143 Å². The largest absolute Gasteiger partial charge is 0.294 e. The van der Waals surface area contributed by atoms with Gasteiger partial charge in [0, 0.05) is 26.1 Å². The number of fused-ring (bicyclic) bond motifs is 5. The van der Waals surface area contributed by atoms with Gasteiger partial charge in [-0.25, -0.2) is 4.98 Å². The number of para-hydroxylation sites is 1. The van der Waals surface area contributed by atoms with E-state index in [2.05, 4.69) is 144 Å². The molecule has 0 fully saturated rings. The van der Waals surface area contributed by atoms with E-state index < -0.39 is 0 Å².